The van der Waals surface area contributed by atoms with Gasteiger partial charge >= 0.3 is 0 Å². The topological polar surface area (TPSA) is 79.0 Å². The number of benzene rings is 2. The molecule has 33 heavy (non-hydrogen) atoms. The molecule has 8 heteroatoms. The Morgan fingerprint density at radius 1 is 0.970 bits per heavy atom. The molecule has 0 saturated carbocycles. The molecule has 2 fully saturated rings. The Morgan fingerprint density at radius 2 is 1.67 bits per heavy atom. The van der Waals surface area contributed by atoms with E-state index in [4.69, 9.17) is 4.74 Å². The van der Waals surface area contributed by atoms with Gasteiger partial charge in [0.15, 0.2) is 0 Å². The Balaban J connectivity index is 1.46. The first-order valence-electron chi connectivity index (χ1n) is 11.7. The van der Waals surface area contributed by atoms with Gasteiger partial charge in [-0.3, -0.25) is 9.69 Å². The fourth-order valence-corrected chi connectivity index (χ4v) is 6.12. The van der Waals surface area contributed by atoms with E-state index in [1.54, 1.807) is 19.1 Å². The molecule has 4 rings (SSSR count). The highest BCUT2D eigenvalue weighted by Gasteiger charge is 2.28. The molecule has 0 unspecified atom stereocenters. The molecule has 2 aromatic rings. The predicted molar refractivity (Wildman–Crippen MR) is 127 cm³/mol. The third kappa shape index (κ3) is 5.81. The van der Waals surface area contributed by atoms with Gasteiger partial charge in [0, 0.05) is 31.7 Å². The van der Waals surface area contributed by atoms with Gasteiger partial charge in [0.05, 0.1) is 18.1 Å². The van der Waals surface area contributed by atoms with Gasteiger partial charge in [0.1, 0.15) is 0 Å². The van der Waals surface area contributed by atoms with Crippen molar-refractivity contribution in [2.75, 3.05) is 39.4 Å². The van der Waals surface area contributed by atoms with E-state index in [0.717, 1.165) is 25.2 Å². The van der Waals surface area contributed by atoms with Gasteiger partial charge in [-0.05, 0) is 61.7 Å². The lowest BCUT2D eigenvalue weighted by atomic mass is 10.0. The van der Waals surface area contributed by atoms with Gasteiger partial charge in [0.2, 0.25) is 10.0 Å². The molecule has 0 spiro atoms. The molecule has 0 bridgehead atoms. The lowest BCUT2D eigenvalue weighted by Gasteiger charge is -2.27. The Hall–Kier alpha value is -2.26. The molecule has 2 aliphatic heterocycles. The predicted octanol–water partition coefficient (Wildman–Crippen LogP) is 2.93. The fourth-order valence-electron chi connectivity index (χ4n) is 4.47. The molecule has 0 atom stereocenters. The van der Waals surface area contributed by atoms with Crippen LogP contribution in [0.3, 0.4) is 0 Å². The molecule has 7 nitrogen and oxygen atoms in total. The summed E-state index contributed by atoms with van der Waals surface area (Å²) >= 11 is 0. The van der Waals surface area contributed by atoms with Crippen LogP contribution in [0.4, 0.5) is 0 Å². The third-order valence-electron chi connectivity index (χ3n) is 6.44. The number of aryl methyl sites for hydroxylation is 1. The molecule has 1 amide bonds. The highest BCUT2D eigenvalue weighted by Crippen LogP contribution is 2.23. The molecule has 0 aliphatic carbocycles. The van der Waals surface area contributed by atoms with Crippen molar-refractivity contribution in [1.29, 1.82) is 0 Å². The van der Waals surface area contributed by atoms with Crippen LogP contribution >= 0.6 is 0 Å². The number of nitrogens with zero attached hydrogens (tertiary/aromatic N) is 2. The Labute approximate surface area is 196 Å². The number of sulfonamides is 1. The lowest BCUT2D eigenvalue weighted by molar-refractivity contribution is 0.0730. The smallest absolute Gasteiger partial charge is 0.251 e. The van der Waals surface area contributed by atoms with Crippen molar-refractivity contribution in [2.24, 2.45) is 0 Å². The zero-order valence-electron chi connectivity index (χ0n) is 19.3. The van der Waals surface area contributed by atoms with Crippen LogP contribution < -0.4 is 5.32 Å². The van der Waals surface area contributed by atoms with Crippen LogP contribution in [0.1, 0.15) is 46.3 Å². The normalized spacial score (nSPS) is 18.2. The second-order valence-corrected chi connectivity index (χ2v) is 10.7. The van der Waals surface area contributed by atoms with Crippen LogP contribution in [-0.4, -0.2) is 62.9 Å². The second kappa shape index (κ2) is 10.8. The van der Waals surface area contributed by atoms with Gasteiger partial charge < -0.3 is 10.1 Å². The summed E-state index contributed by atoms with van der Waals surface area (Å²) in [6.07, 6.45) is 3.78. The maximum atomic E-state index is 13.1. The van der Waals surface area contributed by atoms with E-state index in [1.807, 2.05) is 18.2 Å². The highest BCUT2D eigenvalue weighted by molar-refractivity contribution is 7.89. The van der Waals surface area contributed by atoms with Crippen molar-refractivity contribution in [2.45, 2.75) is 44.2 Å². The fraction of sp³-hybridized carbons (Fsp3) is 0.480. The van der Waals surface area contributed by atoms with Crippen LogP contribution in [-0.2, 0) is 27.8 Å². The number of piperidine rings is 1. The molecule has 2 aromatic carbocycles. The van der Waals surface area contributed by atoms with Crippen LogP contribution in [0, 0.1) is 6.92 Å². The molecule has 1 N–H and O–H groups in total. The van der Waals surface area contributed by atoms with E-state index < -0.39 is 10.0 Å². The third-order valence-corrected chi connectivity index (χ3v) is 8.48. The molecular formula is C25H33N3O4S. The average molecular weight is 472 g/mol. The minimum Gasteiger partial charge on any atom is -0.379 e. The quantitative estimate of drug-likeness (QED) is 0.672. The summed E-state index contributed by atoms with van der Waals surface area (Å²) in [6.45, 7) is 6.70. The van der Waals surface area contributed by atoms with Crippen molar-refractivity contribution < 1.29 is 17.9 Å². The van der Waals surface area contributed by atoms with Crippen molar-refractivity contribution in [3.63, 3.8) is 0 Å². The number of carbonyl (C=O) groups excluding carboxylic acids is 1. The Morgan fingerprint density at radius 3 is 2.39 bits per heavy atom. The Bertz CT molecular complexity index is 1070. The number of carbonyl (C=O) groups is 1. The van der Waals surface area contributed by atoms with Gasteiger partial charge in [-0.2, -0.15) is 4.31 Å². The summed E-state index contributed by atoms with van der Waals surface area (Å²) in [4.78, 5) is 15.6. The summed E-state index contributed by atoms with van der Waals surface area (Å²) in [7, 11) is -3.67. The number of rotatable bonds is 7. The zero-order chi connectivity index (χ0) is 23.3. The lowest BCUT2D eigenvalue weighted by Crippen LogP contribution is -2.41. The van der Waals surface area contributed by atoms with E-state index in [9.17, 15) is 13.2 Å². The van der Waals surface area contributed by atoms with Gasteiger partial charge in [0.25, 0.3) is 5.91 Å². The number of amides is 1. The minimum atomic E-state index is -3.67. The van der Waals surface area contributed by atoms with E-state index >= 15 is 0 Å². The molecule has 2 saturated heterocycles. The number of ether oxygens (including phenoxy) is 1. The average Bonchev–Trinajstić information content (AvgIpc) is 2.84. The number of morpholine rings is 1. The van der Waals surface area contributed by atoms with Crippen molar-refractivity contribution in [1.82, 2.24) is 14.5 Å². The molecule has 2 aliphatic rings. The first-order chi connectivity index (χ1) is 15.9. The molecule has 0 aromatic heterocycles. The SMILES string of the molecule is Cc1ccc(C(=O)NCc2ccccc2CN2CCCCC2)cc1S(=O)(=O)N1CCOCC1. The maximum Gasteiger partial charge on any atom is 0.251 e. The molecule has 0 radical (unpaired) electrons. The van der Waals surface area contributed by atoms with Crippen molar-refractivity contribution >= 4 is 15.9 Å². The van der Waals surface area contributed by atoms with Gasteiger partial charge in [-0.15, -0.1) is 0 Å². The van der Waals surface area contributed by atoms with Crippen LogP contribution in [0.5, 0.6) is 0 Å². The van der Waals surface area contributed by atoms with Gasteiger partial charge in [-0.25, -0.2) is 8.42 Å². The first kappa shape index (κ1) is 23.9. The molecule has 178 valence electrons. The van der Waals surface area contributed by atoms with Crippen LogP contribution in [0.15, 0.2) is 47.4 Å². The van der Waals surface area contributed by atoms with Crippen LogP contribution in [0.2, 0.25) is 0 Å². The van der Waals surface area contributed by atoms with E-state index in [-0.39, 0.29) is 10.8 Å². The van der Waals surface area contributed by atoms with Crippen molar-refractivity contribution in [3.8, 4) is 0 Å². The number of hydrogen-bond donors (Lipinski definition) is 1. The number of likely N-dealkylation sites (tertiary alicyclic amines) is 1. The largest absolute Gasteiger partial charge is 0.379 e. The summed E-state index contributed by atoms with van der Waals surface area (Å²) < 4.78 is 33.0. The Kier molecular flexibility index (Phi) is 7.80. The molecular weight excluding hydrogens is 438 g/mol. The highest BCUT2D eigenvalue weighted by atomic mass is 32.2. The molecule has 2 heterocycles. The van der Waals surface area contributed by atoms with Crippen molar-refractivity contribution in [3.05, 3.63) is 64.7 Å². The van der Waals surface area contributed by atoms with Crippen LogP contribution in [0.25, 0.3) is 0 Å². The summed E-state index contributed by atoms with van der Waals surface area (Å²) in [5.41, 5.74) is 3.29. The van der Waals surface area contributed by atoms with Gasteiger partial charge in [-0.1, -0.05) is 36.8 Å². The standard InChI is InChI=1S/C25H33N3O4S/c1-20-9-10-21(17-24(20)33(30,31)28-13-15-32-16-14-28)25(29)26-18-22-7-3-4-8-23(22)19-27-11-5-2-6-12-27/h3-4,7-10,17H,2,5-6,11-16,18-19H2,1H3,(H,26,29). The summed E-state index contributed by atoms with van der Waals surface area (Å²) in [6, 6.07) is 13.1. The monoisotopic (exact) mass is 471 g/mol. The van der Waals surface area contributed by atoms with E-state index in [0.29, 0.717) is 44.0 Å². The second-order valence-electron chi connectivity index (χ2n) is 8.78. The van der Waals surface area contributed by atoms with E-state index in [2.05, 4.69) is 16.3 Å². The summed E-state index contributed by atoms with van der Waals surface area (Å²) in [5.74, 6) is -0.277. The number of hydrogen-bond acceptors (Lipinski definition) is 5. The minimum absolute atomic E-state index is 0.183. The number of nitrogens with one attached hydrogen (secondary N) is 1. The maximum absolute atomic E-state index is 13.1. The zero-order valence-corrected chi connectivity index (χ0v) is 20.1. The first-order valence-corrected chi connectivity index (χ1v) is 13.1. The summed E-state index contributed by atoms with van der Waals surface area (Å²) in [5, 5.41) is 2.98. The van der Waals surface area contributed by atoms with E-state index in [1.165, 1.54) is 35.2 Å².